The standard InChI is InChI=1S/C23H36O4/c1-13(21(26)27-4)16-5-6-17-20-18(8-10-23(16,17)3)22(2)9-7-15(24)11-14(22)12-19(20)25/h13-18,20,24H,5-12H2,1-4H3/t13-,14?,15+,16?,17-,18-,20-,22?,23?/m0/s1. The second kappa shape index (κ2) is 6.57. The van der Waals surface area contributed by atoms with Crippen LogP contribution in [-0.4, -0.2) is 30.1 Å². The Balaban J connectivity index is 1.63. The number of rotatable bonds is 2. The number of esters is 1. The molecule has 0 aromatic rings. The smallest absolute Gasteiger partial charge is 0.308 e. The third-order valence-electron chi connectivity index (χ3n) is 9.69. The first-order valence-corrected chi connectivity index (χ1v) is 11.0. The highest BCUT2D eigenvalue weighted by Gasteiger charge is 2.63. The van der Waals surface area contributed by atoms with Crippen LogP contribution in [0.25, 0.3) is 0 Å². The number of ether oxygens (including phenoxy) is 1. The Hall–Kier alpha value is -0.900. The van der Waals surface area contributed by atoms with E-state index < -0.39 is 0 Å². The van der Waals surface area contributed by atoms with E-state index >= 15 is 0 Å². The molecule has 1 N–H and O–H groups in total. The average Bonchev–Trinajstić information content (AvgIpc) is 2.99. The van der Waals surface area contributed by atoms with Crippen molar-refractivity contribution in [2.45, 2.75) is 78.2 Å². The minimum atomic E-state index is -0.224. The maximum atomic E-state index is 13.3. The predicted octanol–water partition coefficient (Wildman–Crippen LogP) is 3.99. The first kappa shape index (κ1) is 19.4. The molecule has 4 fully saturated rings. The zero-order chi connectivity index (χ0) is 19.6. The molecule has 0 aliphatic heterocycles. The summed E-state index contributed by atoms with van der Waals surface area (Å²) < 4.78 is 5.04. The molecule has 9 atom stereocenters. The van der Waals surface area contributed by atoms with E-state index in [0.29, 0.717) is 35.9 Å². The summed E-state index contributed by atoms with van der Waals surface area (Å²) in [6.07, 6.45) is 7.48. The Kier molecular flexibility index (Phi) is 4.73. The number of methoxy groups -OCH3 is 1. The van der Waals surface area contributed by atoms with Crippen LogP contribution >= 0.6 is 0 Å². The number of aliphatic hydroxyl groups excluding tert-OH is 1. The van der Waals surface area contributed by atoms with Crippen molar-refractivity contribution < 1.29 is 19.4 Å². The van der Waals surface area contributed by atoms with Crippen LogP contribution in [0.3, 0.4) is 0 Å². The van der Waals surface area contributed by atoms with E-state index in [-0.39, 0.29) is 34.7 Å². The van der Waals surface area contributed by atoms with Crippen molar-refractivity contribution >= 4 is 11.8 Å². The second-order valence-electron chi connectivity index (χ2n) is 10.6. The van der Waals surface area contributed by atoms with Gasteiger partial charge >= 0.3 is 5.97 Å². The lowest BCUT2D eigenvalue weighted by atomic mass is 9.44. The molecule has 0 radical (unpaired) electrons. The van der Waals surface area contributed by atoms with Gasteiger partial charge in [0.1, 0.15) is 5.78 Å². The van der Waals surface area contributed by atoms with Crippen molar-refractivity contribution in [2.75, 3.05) is 7.11 Å². The molecule has 27 heavy (non-hydrogen) atoms. The number of Topliss-reactive ketones (excluding diaryl/α,β-unsaturated/α-hetero) is 1. The van der Waals surface area contributed by atoms with E-state index in [1.54, 1.807) is 0 Å². The van der Waals surface area contributed by atoms with Crippen molar-refractivity contribution in [3.05, 3.63) is 0 Å². The molecule has 4 rings (SSSR count). The fourth-order valence-electron chi connectivity index (χ4n) is 8.12. The molecule has 0 aromatic heterocycles. The normalized spacial score (nSPS) is 50.3. The van der Waals surface area contributed by atoms with Gasteiger partial charge in [0.15, 0.2) is 0 Å². The van der Waals surface area contributed by atoms with E-state index in [1.807, 2.05) is 6.92 Å². The Bertz CT molecular complexity index is 630. The van der Waals surface area contributed by atoms with Gasteiger partial charge in [-0.2, -0.15) is 0 Å². The van der Waals surface area contributed by atoms with Gasteiger partial charge in [0.25, 0.3) is 0 Å². The van der Waals surface area contributed by atoms with Crippen molar-refractivity contribution in [2.24, 2.45) is 46.3 Å². The molecule has 0 bridgehead atoms. The van der Waals surface area contributed by atoms with E-state index in [1.165, 1.54) is 7.11 Å². The van der Waals surface area contributed by atoms with E-state index in [0.717, 1.165) is 44.9 Å². The fraction of sp³-hybridized carbons (Fsp3) is 0.913. The molecule has 4 aliphatic rings. The molecule has 4 aliphatic carbocycles. The first-order chi connectivity index (χ1) is 12.7. The van der Waals surface area contributed by atoms with Gasteiger partial charge in [-0.15, -0.1) is 0 Å². The van der Waals surface area contributed by atoms with Crippen LogP contribution in [0.5, 0.6) is 0 Å². The van der Waals surface area contributed by atoms with Gasteiger partial charge in [0, 0.05) is 12.3 Å². The summed E-state index contributed by atoms with van der Waals surface area (Å²) >= 11 is 0. The largest absolute Gasteiger partial charge is 0.469 e. The lowest BCUT2D eigenvalue weighted by molar-refractivity contribution is -0.163. The van der Waals surface area contributed by atoms with Gasteiger partial charge in [-0.3, -0.25) is 9.59 Å². The summed E-state index contributed by atoms with van der Waals surface area (Å²) in [5.74, 6) is 1.95. The Labute approximate surface area is 163 Å². The summed E-state index contributed by atoms with van der Waals surface area (Å²) in [5, 5.41) is 10.2. The predicted molar refractivity (Wildman–Crippen MR) is 103 cm³/mol. The van der Waals surface area contributed by atoms with Gasteiger partial charge in [0.2, 0.25) is 0 Å². The van der Waals surface area contributed by atoms with Crippen LogP contribution in [0.2, 0.25) is 0 Å². The number of fused-ring (bicyclic) bond motifs is 5. The summed E-state index contributed by atoms with van der Waals surface area (Å²) in [5.41, 5.74) is 0.271. The quantitative estimate of drug-likeness (QED) is 0.740. The second-order valence-corrected chi connectivity index (χ2v) is 10.6. The maximum Gasteiger partial charge on any atom is 0.308 e. The number of carbonyl (C=O) groups is 2. The zero-order valence-corrected chi connectivity index (χ0v) is 17.4. The Morgan fingerprint density at radius 1 is 1.11 bits per heavy atom. The first-order valence-electron chi connectivity index (χ1n) is 11.0. The number of carbonyl (C=O) groups excluding carboxylic acids is 2. The molecule has 0 heterocycles. The number of ketones is 1. The van der Waals surface area contributed by atoms with Gasteiger partial charge in [-0.1, -0.05) is 20.8 Å². The molecule has 4 saturated carbocycles. The molecule has 0 amide bonds. The van der Waals surface area contributed by atoms with E-state index in [2.05, 4.69) is 13.8 Å². The van der Waals surface area contributed by atoms with E-state index in [9.17, 15) is 14.7 Å². The van der Waals surface area contributed by atoms with Crippen molar-refractivity contribution in [1.29, 1.82) is 0 Å². The SMILES string of the molecule is COC(=O)[C@@H](C)C1CC[C@H]2[C@@H]3C(=O)CC4C[C@H](O)CCC4(C)[C@H]3CCC12C. The molecular weight excluding hydrogens is 340 g/mol. The third-order valence-corrected chi connectivity index (χ3v) is 9.69. The summed E-state index contributed by atoms with van der Waals surface area (Å²) in [4.78, 5) is 25.5. The Morgan fingerprint density at radius 3 is 2.48 bits per heavy atom. The van der Waals surface area contributed by atoms with Gasteiger partial charge in [-0.25, -0.2) is 0 Å². The fourth-order valence-corrected chi connectivity index (χ4v) is 8.12. The van der Waals surface area contributed by atoms with E-state index in [4.69, 9.17) is 4.74 Å². The molecule has 4 heteroatoms. The van der Waals surface area contributed by atoms with Crippen LogP contribution in [0.1, 0.15) is 72.1 Å². The van der Waals surface area contributed by atoms with Gasteiger partial charge in [0.05, 0.1) is 19.1 Å². The van der Waals surface area contributed by atoms with Gasteiger partial charge in [-0.05, 0) is 79.4 Å². The number of hydrogen-bond acceptors (Lipinski definition) is 4. The third kappa shape index (κ3) is 2.73. The van der Waals surface area contributed by atoms with Crippen molar-refractivity contribution in [3.63, 3.8) is 0 Å². The molecule has 0 aromatic carbocycles. The summed E-state index contributed by atoms with van der Waals surface area (Å²) in [6, 6.07) is 0. The topological polar surface area (TPSA) is 63.6 Å². The highest BCUT2D eigenvalue weighted by atomic mass is 16.5. The molecule has 0 spiro atoms. The Morgan fingerprint density at radius 2 is 1.78 bits per heavy atom. The monoisotopic (exact) mass is 376 g/mol. The van der Waals surface area contributed by atoms with Crippen LogP contribution < -0.4 is 0 Å². The lowest BCUT2D eigenvalue weighted by Gasteiger charge is -2.60. The highest BCUT2D eigenvalue weighted by Crippen LogP contribution is 2.67. The lowest BCUT2D eigenvalue weighted by Crippen LogP contribution is -2.57. The van der Waals surface area contributed by atoms with Gasteiger partial charge < -0.3 is 9.84 Å². The maximum absolute atomic E-state index is 13.3. The summed E-state index contributed by atoms with van der Waals surface area (Å²) in [7, 11) is 1.48. The van der Waals surface area contributed by atoms with Crippen LogP contribution in [0.15, 0.2) is 0 Å². The molecule has 4 unspecified atom stereocenters. The molecular formula is C23H36O4. The van der Waals surface area contributed by atoms with Crippen LogP contribution in [-0.2, 0) is 14.3 Å². The van der Waals surface area contributed by atoms with Crippen molar-refractivity contribution in [1.82, 2.24) is 0 Å². The molecule has 152 valence electrons. The molecule has 0 saturated heterocycles. The number of hydrogen-bond donors (Lipinski definition) is 1. The molecule has 4 nitrogen and oxygen atoms in total. The average molecular weight is 377 g/mol. The minimum Gasteiger partial charge on any atom is -0.469 e. The summed E-state index contributed by atoms with van der Waals surface area (Å²) in [6.45, 7) is 6.76. The number of aliphatic hydroxyl groups is 1. The highest BCUT2D eigenvalue weighted by molar-refractivity contribution is 5.83. The van der Waals surface area contributed by atoms with Crippen molar-refractivity contribution in [3.8, 4) is 0 Å². The van der Waals surface area contributed by atoms with Crippen LogP contribution in [0, 0.1) is 46.3 Å². The minimum absolute atomic E-state index is 0.0712. The van der Waals surface area contributed by atoms with Crippen LogP contribution in [0.4, 0.5) is 0 Å². The zero-order valence-electron chi connectivity index (χ0n) is 17.4.